The van der Waals surface area contributed by atoms with Gasteiger partial charge in [-0.2, -0.15) is 0 Å². The summed E-state index contributed by atoms with van der Waals surface area (Å²) in [6.45, 7) is 6.20. The summed E-state index contributed by atoms with van der Waals surface area (Å²) < 4.78 is 0. The van der Waals surface area contributed by atoms with Crippen molar-refractivity contribution in [3.63, 3.8) is 0 Å². The Balaban J connectivity index is 1.88. The number of rotatable bonds is 6. The Morgan fingerprint density at radius 3 is 2.29 bits per heavy atom. The van der Waals surface area contributed by atoms with Crippen molar-refractivity contribution in [1.82, 2.24) is 10.6 Å². The molecule has 1 aliphatic rings. The number of benzene rings is 1. The number of hydrogen-bond acceptors (Lipinski definition) is 2. The Labute approximate surface area is 145 Å². The molecule has 4 nitrogen and oxygen atoms in total. The first-order valence-electron chi connectivity index (χ1n) is 9.09. The molecule has 0 aromatic heterocycles. The molecule has 1 fully saturated rings. The van der Waals surface area contributed by atoms with Crippen LogP contribution in [0.2, 0.25) is 0 Å². The minimum atomic E-state index is -0.472. The van der Waals surface area contributed by atoms with Gasteiger partial charge in [-0.3, -0.25) is 9.59 Å². The fourth-order valence-electron chi connectivity index (χ4n) is 3.24. The summed E-state index contributed by atoms with van der Waals surface area (Å²) in [5.41, 5.74) is 0.958. The van der Waals surface area contributed by atoms with Crippen molar-refractivity contribution in [2.24, 2.45) is 11.8 Å². The van der Waals surface area contributed by atoms with E-state index in [1.54, 1.807) is 0 Å². The van der Waals surface area contributed by atoms with Crippen molar-refractivity contribution in [1.29, 1.82) is 0 Å². The molecule has 4 heteroatoms. The quantitative estimate of drug-likeness (QED) is 0.842. The lowest BCUT2D eigenvalue weighted by atomic mass is 9.87. The average Bonchev–Trinajstić information content (AvgIpc) is 2.55. The van der Waals surface area contributed by atoms with Gasteiger partial charge in [-0.15, -0.1) is 0 Å². The maximum absolute atomic E-state index is 12.6. The first-order chi connectivity index (χ1) is 11.5. The predicted molar refractivity (Wildman–Crippen MR) is 96.5 cm³/mol. The molecule has 0 aliphatic heterocycles. The van der Waals surface area contributed by atoms with Crippen molar-refractivity contribution in [3.8, 4) is 0 Å². The number of amides is 2. The zero-order chi connectivity index (χ0) is 17.5. The average molecular weight is 330 g/mol. The number of carbonyl (C=O) groups excluding carboxylic acids is 2. The van der Waals surface area contributed by atoms with Crippen molar-refractivity contribution in [3.05, 3.63) is 35.9 Å². The van der Waals surface area contributed by atoms with E-state index < -0.39 is 6.04 Å². The van der Waals surface area contributed by atoms with Crippen LogP contribution in [0.3, 0.4) is 0 Å². The molecule has 1 aromatic rings. The van der Waals surface area contributed by atoms with Gasteiger partial charge in [0.15, 0.2) is 0 Å². The first kappa shape index (κ1) is 18.5. The van der Waals surface area contributed by atoms with E-state index in [2.05, 4.69) is 17.6 Å². The Kier molecular flexibility index (Phi) is 6.83. The highest BCUT2D eigenvalue weighted by atomic mass is 16.2. The highest BCUT2D eigenvalue weighted by molar-refractivity contribution is 5.88. The summed E-state index contributed by atoms with van der Waals surface area (Å²) in [5.74, 6) is 0.662. The Bertz CT molecular complexity index is 534. The van der Waals surface area contributed by atoms with Gasteiger partial charge >= 0.3 is 0 Å². The minimum absolute atomic E-state index is 0.0500. The van der Waals surface area contributed by atoms with Gasteiger partial charge in [0, 0.05) is 6.04 Å². The zero-order valence-corrected chi connectivity index (χ0v) is 15.0. The van der Waals surface area contributed by atoms with Gasteiger partial charge in [0.1, 0.15) is 6.04 Å². The lowest BCUT2D eigenvalue weighted by Gasteiger charge is -2.29. The maximum Gasteiger partial charge on any atom is 0.243 e. The predicted octanol–water partition coefficient (Wildman–Crippen LogP) is 3.06. The molecular formula is C20H30N2O2. The molecule has 1 aromatic carbocycles. The molecule has 2 N–H and O–H groups in total. The summed E-state index contributed by atoms with van der Waals surface area (Å²) in [6, 6.07) is 9.39. The fraction of sp³-hybridized carbons (Fsp3) is 0.600. The lowest BCUT2D eigenvalue weighted by molar-refractivity contribution is -0.130. The Hall–Kier alpha value is -1.84. The molecular weight excluding hydrogens is 300 g/mol. The SMILES string of the molecule is CC1CCC(NC(=O)[C@@H](NC(=O)Cc2ccccc2)C(C)C)CC1. The van der Waals surface area contributed by atoms with E-state index in [1.165, 1.54) is 0 Å². The van der Waals surface area contributed by atoms with Gasteiger partial charge in [0.2, 0.25) is 11.8 Å². The maximum atomic E-state index is 12.6. The van der Waals surface area contributed by atoms with Crippen LogP contribution in [0.1, 0.15) is 52.0 Å². The van der Waals surface area contributed by atoms with Crippen LogP contribution < -0.4 is 10.6 Å². The van der Waals surface area contributed by atoms with Crippen LogP contribution in [0.25, 0.3) is 0 Å². The van der Waals surface area contributed by atoms with Gasteiger partial charge in [-0.25, -0.2) is 0 Å². The number of nitrogens with one attached hydrogen (secondary N) is 2. The number of hydrogen-bond donors (Lipinski definition) is 2. The summed E-state index contributed by atoms with van der Waals surface area (Å²) in [7, 11) is 0. The summed E-state index contributed by atoms with van der Waals surface area (Å²) in [5, 5.41) is 6.05. The summed E-state index contributed by atoms with van der Waals surface area (Å²) >= 11 is 0. The standard InChI is InChI=1S/C20H30N2O2/c1-14(2)19(20(24)21-17-11-9-15(3)10-12-17)22-18(23)13-16-7-5-4-6-8-16/h4-8,14-15,17,19H,9-13H2,1-3H3,(H,21,24)(H,22,23)/t15?,17?,19-/m0/s1. The highest BCUT2D eigenvalue weighted by Crippen LogP contribution is 2.23. The van der Waals surface area contributed by atoms with E-state index in [9.17, 15) is 9.59 Å². The molecule has 1 atom stereocenters. The summed E-state index contributed by atoms with van der Waals surface area (Å²) in [6.07, 6.45) is 4.71. The topological polar surface area (TPSA) is 58.2 Å². The normalized spacial score (nSPS) is 22.0. The molecule has 0 saturated heterocycles. The smallest absolute Gasteiger partial charge is 0.243 e. The van der Waals surface area contributed by atoms with Crippen molar-refractivity contribution in [2.45, 2.75) is 65.0 Å². The van der Waals surface area contributed by atoms with Crippen LogP contribution in [0, 0.1) is 11.8 Å². The van der Waals surface area contributed by atoms with Crippen molar-refractivity contribution >= 4 is 11.8 Å². The van der Waals surface area contributed by atoms with Gasteiger partial charge in [0.05, 0.1) is 6.42 Å². The van der Waals surface area contributed by atoms with E-state index in [1.807, 2.05) is 44.2 Å². The molecule has 2 rings (SSSR count). The van der Waals surface area contributed by atoms with E-state index in [-0.39, 0.29) is 23.8 Å². The van der Waals surface area contributed by atoms with Crippen molar-refractivity contribution in [2.75, 3.05) is 0 Å². The monoisotopic (exact) mass is 330 g/mol. The van der Waals surface area contributed by atoms with Gasteiger partial charge in [-0.05, 0) is 43.1 Å². The summed E-state index contributed by atoms with van der Waals surface area (Å²) in [4.78, 5) is 24.9. The van der Waals surface area contributed by atoms with E-state index in [0.717, 1.165) is 37.2 Å². The van der Waals surface area contributed by atoms with Crippen LogP contribution in [-0.2, 0) is 16.0 Å². The highest BCUT2D eigenvalue weighted by Gasteiger charge is 2.27. The second-order valence-corrected chi connectivity index (χ2v) is 7.42. The molecule has 1 saturated carbocycles. The molecule has 132 valence electrons. The Morgan fingerprint density at radius 1 is 1.08 bits per heavy atom. The van der Waals surface area contributed by atoms with Gasteiger partial charge < -0.3 is 10.6 Å². The van der Waals surface area contributed by atoms with Crippen LogP contribution in [0.4, 0.5) is 0 Å². The first-order valence-corrected chi connectivity index (χ1v) is 9.09. The van der Waals surface area contributed by atoms with E-state index in [4.69, 9.17) is 0 Å². The molecule has 0 bridgehead atoms. The fourth-order valence-corrected chi connectivity index (χ4v) is 3.24. The molecule has 0 radical (unpaired) electrons. The van der Waals surface area contributed by atoms with Crippen LogP contribution in [0.5, 0.6) is 0 Å². The molecule has 24 heavy (non-hydrogen) atoms. The number of carbonyl (C=O) groups is 2. The van der Waals surface area contributed by atoms with Crippen LogP contribution in [0.15, 0.2) is 30.3 Å². The van der Waals surface area contributed by atoms with Gasteiger partial charge in [0.25, 0.3) is 0 Å². The van der Waals surface area contributed by atoms with Crippen LogP contribution >= 0.6 is 0 Å². The van der Waals surface area contributed by atoms with Gasteiger partial charge in [-0.1, -0.05) is 51.1 Å². The molecule has 1 aliphatic carbocycles. The van der Waals surface area contributed by atoms with Crippen molar-refractivity contribution < 1.29 is 9.59 Å². The second-order valence-electron chi connectivity index (χ2n) is 7.42. The third-order valence-electron chi connectivity index (χ3n) is 4.84. The van der Waals surface area contributed by atoms with E-state index in [0.29, 0.717) is 6.42 Å². The Morgan fingerprint density at radius 2 is 1.71 bits per heavy atom. The van der Waals surface area contributed by atoms with E-state index >= 15 is 0 Å². The second kappa shape index (κ2) is 8.86. The molecule has 0 unspecified atom stereocenters. The molecule has 0 spiro atoms. The third-order valence-corrected chi connectivity index (χ3v) is 4.84. The largest absolute Gasteiger partial charge is 0.352 e. The third kappa shape index (κ3) is 5.66. The minimum Gasteiger partial charge on any atom is -0.352 e. The lowest BCUT2D eigenvalue weighted by Crippen LogP contribution is -2.52. The van der Waals surface area contributed by atoms with Crippen LogP contribution in [-0.4, -0.2) is 23.9 Å². The molecule has 2 amide bonds. The molecule has 0 heterocycles. The zero-order valence-electron chi connectivity index (χ0n) is 15.0.